The highest BCUT2D eigenvalue weighted by Crippen LogP contribution is 2.35. The maximum atomic E-state index is 13.3. The fourth-order valence-electron chi connectivity index (χ4n) is 4.49. The van der Waals surface area contributed by atoms with Gasteiger partial charge in [0.1, 0.15) is 11.9 Å². The minimum Gasteiger partial charge on any atom is -0.486 e. The molecule has 32 heavy (non-hydrogen) atoms. The molecule has 3 amide bonds. The summed E-state index contributed by atoms with van der Waals surface area (Å²) in [5, 5.41) is 3.09. The first-order valence-electron chi connectivity index (χ1n) is 11.8. The number of amides is 3. The van der Waals surface area contributed by atoms with Gasteiger partial charge in [0.25, 0.3) is 0 Å². The van der Waals surface area contributed by atoms with E-state index in [0.717, 1.165) is 30.7 Å². The topological polar surface area (TPSA) is 61.9 Å². The molecule has 2 heterocycles. The van der Waals surface area contributed by atoms with Crippen molar-refractivity contribution < 1.29 is 14.3 Å². The van der Waals surface area contributed by atoms with Crippen molar-refractivity contribution in [2.45, 2.75) is 45.1 Å². The van der Waals surface area contributed by atoms with Gasteiger partial charge >= 0.3 is 6.03 Å². The standard InChI is InChI=1S/C26H33N3O3/c1-2-22-19-29(23-12-6-7-13-24(23)32-22)26(31)28-17-14-21(15-18-28)25(30)27-16-8-11-20-9-4-3-5-10-20/h3-7,9-10,12-13,21-22H,2,8,11,14-19H2,1H3,(H,27,30)/t22-/m1/s1. The van der Waals surface area contributed by atoms with E-state index in [4.69, 9.17) is 4.74 Å². The van der Waals surface area contributed by atoms with Crippen LogP contribution in [0.4, 0.5) is 10.5 Å². The van der Waals surface area contributed by atoms with E-state index < -0.39 is 0 Å². The number of aryl methyl sites for hydroxylation is 1. The molecule has 1 atom stereocenters. The normalized spacial score (nSPS) is 18.6. The van der Waals surface area contributed by atoms with Gasteiger partial charge in [-0.3, -0.25) is 9.69 Å². The van der Waals surface area contributed by atoms with Crippen molar-refractivity contribution >= 4 is 17.6 Å². The first kappa shape index (κ1) is 22.2. The van der Waals surface area contributed by atoms with Gasteiger partial charge in [0.15, 0.2) is 0 Å². The van der Waals surface area contributed by atoms with Gasteiger partial charge in [-0.1, -0.05) is 49.4 Å². The summed E-state index contributed by atoms with van der Waals surface area (Å²) in [4.78, 5) is 29.6. The van der Waals surface area contributed by atoms with E-state index in [9.17, 15) is 9.59 Å². The second-order valence-electron chi connectivity index (χ2n) is 8.65. The molecule has 0 unspecified atom stereocenters. The second kappa shape index (κ2) is 10.5. The molecule has 6 nitrogen and oxygen atoms in total. The number of carbonyl (C=O) groups excluding carboxylic acids is 2. The van der Waals surface area contributed by atoms with Crippen LogP contribution in [-0.2, 0) is 11.2 Å². The number of ether oxygens (including phenoxy) is 1. The van der Waals surface area contributed by atoms with Gasteiger partial charge in [-0.25, -0.2) is 4.79 Å². The van der Waals surface area contributed by atoms with E-state index in [1.54, 1.807) is 0 Å². The molecule has 0 radical (unpaired) electrons. The highest BCUT2D eigenvalue weighted by molar-refractivity contribution is 5.94. The molecule has 0 spiro atoms. The van der Waals surface area contributed by atoms with E-state index in [2.05, 4.69) is 24.4 Å². The first-order valence-corrected chi connectivity index (χ1v) is 11.8. The first-order chi connectivity index (χ1) is 15.7. The average molecular weight is 436 g/mol. The van der Waals surface area contributed by atoms with Crippen LogP contribution in [0.25, 0.3) is 0 Å². The van der Waals surface area contributed by atoms with E-state index in [1.165, 1.54) is 5.56 Å². The van der Waals surface area contributed by atoms with Crippen molar-refractivity contribution in [2.24, 2.45) is 5.92 Å². The van der Waals surface area contributed by atoms with E-state index in [0.29, 0.717) is 39.0 Å². The van der Waals surface area contributed by atoms with Crippen LogP contribution in [0.15, 0.2) is 54.6 Å². The number of hydrogen-bond donors (Lipinski definition) is 1. The third kappa shape index (κ3) is 5.23. The van der Waals surface area contributed by atoms with Gasteiger partial charge in [-0.15, -0.1) is 0 Å². The number of fused-ring (bicyclic) bond motifs is 1. The quantitative estimate of drug-likeness (QED) is 0.690. The molecule has 1 fully saturated rings. The Morgan fingerprint density at radius 3 is 2.50 bits per heavy atom. The fourth-order valence-corrected chi connectivity index (χ4v) is 4.49. The lowest BCUT2D eigenvalue weighted by atomic mass is 9.96. The minimum atomic E-state index is -0.0175. The Morgan fingerprint density at radius 1 is 1.03 bits per heavy atom. The van der Waals surface area contributed by atoms with Crippen molar-refractivity contribution in [3.8, 4) is 5.75 Å². The molecule has 6 heteroatoms. The summed E-state index contributed by atoms with van der Waals surface area (Å²) in [6.07, 6.45) is 4.17. The van der Waals surface area contributed by atoms with E-state index in [-0.39, 0.29) is 24.0 Å². The van der Waals surface area contributed by atoms with Crippen LogP contribution in [0.3, 0.4) is 0 Å². The predicted octanol–water partition coefficient (Wildman–Crippen LogP) is 4.25. The van der Waals surface area contributed by atoms with Crippen LogP contribution < -0.4 is 15.0 Å². The molecule has 2 aromatic carbocycles. The van der Waals surface area contributed by atoms with Gasteiger partial charge in [0, 0.05) is 25.6 Å². The maximum Gasteiger partial charge on any atom is 0.324 e. The van der Waals surface area contributed by atoms with Gasteiger partial charge in [-0.05, 0) is 49.8 Å². The second-order valence-corrected chi connectivity index (χ2v) is 8.65. The zero-order valence-corrected chi connectivity index (χ0v) is 18.8. The zero-order chi connectivity index (χ0) is 22.3. The van der Waals surface area contributed by atoms with Crippen LogP contribution in [0.5, 0.6) is 5.75 Å². The largest absolute Gasteiger partial charge is 0.486 e. The predicted molar refractivity (Wildman–Crippen MR) is 126 cm³/mol. The Labute approximate surface area is 190 Å². The lowest BCUT2D eigenvalue weighted by molar-refractivity contribution is -0.126. The van der Waals surface area contributed by atoms with Crippen LogP contribution in [0, 0.1) is 5.92 Å². The SMILES string of the molecule is CC[C@@H]1CN(C(=O)N2CCC(C(=O)NCCCc3ccccc3)CC2)c2ccccc2O1. The summed E-state index contributed by atoms with van der Waals surface area (Å²) in [5.74, 6) is 0.868. The van der Waals surface area contributed by atoms with Crippen molar-refractivity contribution in [2.75, 3.05) is 31.1 Å². The number of para-hydroxylation sites is 2. The minimum absolute atomic E-state index is 0.00746. The number of likely N-dealkylation sites (tertiary alicyclic amines) is 1. The smallest absolute Gasteiger partial charge is 0.324 e. The van der Waals surface area contributed by atoms with E-state index in [1.807, 2.05) is 52.3 Å². The Balaban J connectivity index is 1.25. The third-order valence-corrected chi connectivity index (χ3v) is 6.44. The molecule has 0 aromatic heterocycles. The Hall–Kier alpha value is -3.02. The number of anilines is 1. The van der Waals surface area contributed by atoms with Crippen molar-refractivity contribution in [3.05, 3.63) is 60.2 Å². The van der Waals surface area contributed by atoms with Crippen LogP contribution >= 0.6 is 0 Å². The lowest BCUT2D eigenvalue weighted by Gasteiger charge is -2.39. The molecule has 170 valence electrons. The molecule has 2 aromatic rings. The molecule has 2 aliphatic heterocycles. The summed E-state index contributed by atoms with van der Waals surface area (Å²) < 4.78 is 6.01. The third-order valence-electron chi connectivity index (χ3n) is 6.44. The number of benzene rings is 2. The Bertz CT molecular complexity index is 910. The number of hydrogen-bond acceptors (Lipinski definition) is 3. The molecule has 0 bridgehead atoms. The van der Waals surface area contributed by atoms with Gasteiger partial charge < -0.3 is 15.0 Å². The molecule has 4 rings (SSSR count). The summed E-state index contributed by atoms with van der Waals surface area (Å²) >= 11 is 0. The maximum absolute atomic E-state index is 13.3. The zero-order valence-electron chi connectivity index (χ0n) is 18.8. The Morgan fingerprint density at radius 2 is 1.75 bits per heavy atom. The number of rotatable bonds is 6. The summed E-state index contributed by atoms with van der Waals surface area (Å²) in [5.41, 5.74) is 2.13. The summed E-state index contributed by atoms with van der Waals surface area (Å²) in [6, 6.07) is 18.1. The summed E-state index contributed by atoms with van der Waals surface area (Å²) in [7, 11) is 0. The van der Waals surface area contributed by atoms with Crippen molar-refractivity contribution in [1.82, 2.24) is 10.2 Å². The monoisotopic (exact) mass is 435 g/mol. The van der Waals surface area contributed by atoms with Crippen LogP contribution in [0.2, 0.25) is 0 Å². The number of carbonyl (C=O) groups is 2. The molecule has 0 saturated carbocycles. The Kier molecular flexibility index (Phi) is 7.30. The van der Waals surface area contributed by atoms with Gasteiger partial charge in [0.2, 0.25) is 5.91 Å². The fraction of sp³-hybridized carbons (Fsp3) is 0.462. The molecular formula is C26H33N3O3. The van der Waals surface area contributed by atoms with Crippen molar-refractivity contribution in [3.63, 3.8) is 0 Å². The van der Waals surface area contributed by atoms with Crippen LogP contribution in [-0.4, -0.2) is 49.1 Å². The molecule has 2 aliphatic rings. The number of nitrogens with zero attached hydrogens (tertiary/aromatic N) is 2. The lowest BCUT2D eigenvalue weighted by Crippen LogP contribution is -2.52. The highest BCUT2D eigenvalue weighted by Gasteiger charge is 2.34. The van der Waals surface area contributed by atoms with Gasteiger partial charge in [-0.2, -0.15) is 0 Å². The number of piperidine rings is 1. The average Bonchev–Trinajstić information content (AvgIpc) is 2.86. The van der Waals surface area contributed by atoms with Gasteiger partial charge in [0.05, 0.1) is 12.2 Å². The van der Waals surface area contributed by atoms with E-state index >= 15 is 0 Å². The summed E-state index contributed by atoms with van der Waals surface area (Å²) in [6.45, 7) is 4.55. The molecule has 0 aliphatic carbocycles. The highest BCUT2D eigenvalue weighted by atomic mass is 16.5. The van der Waals surface area contributed by atoms with Crippen molar-refractivity contribution in [1.29, 1.82) is 0 Å². The molecule has 1 saturated heterocycles. The molecule has 1 N–H and O–H groups in total. The molecular weight excluding hydrogens is 402 g/mol. The number of urea groups is 1. The number of nitrogens with one attached hydrogen (secondary N) is 1. The van der Waals surface area contributed by atoms with Crippen LogP contribution in [0.1, 0.15) is 38.2 Å².